The van der Waals surface area contributed by atoms with Gasteiger partial charge in [-0.2, -0.15) is 0 Å². The number of nitrogens with zero attached hydrogens (tertiary/aromatic N) is 1. The number of hydrogen-bond acceptors (Lipinski definition) is 3. The minimum atomic E-state index is 0.607. The van der Waals surface area contributed by atoms with E-state index in [1.54, 1.807) is 0 Å². The number of anilines is 1. The van der Waals surface area contributed by atoms with Crippen molar-refractivity contribution in [2.24, 2.45) is 0 Å². The molecule has 13 heavy (non-hydrogen) atoms. The van der Waals surface area contributed by atoms with Crippen molar-refractivity contribution >= 4 is 38.5 Å². The first-order chi connectivity index (χ1) is 6.13. The summed E-state index contributed by atoms with van der Waals surface area (Å²) < 4.78 is 1.08. The summed E-state index contributed by atoms with van der Waals surface area (Å²) in [5.41, 5.74) is 7.58. The number of thiazole rings is 1. The van der Waals surface area contributed by atoms with Crippen LogP contribution in [0.25, 0.3) is 6.08 Å². The Morgan fingerprint density at radius 1 is 1.69 bits per heavy atom. The van der Waals surface area contributed by atoms with Crippen molar-refractivity contribution in [2.75, 3.05) is 5.73 Å². The number of halogens is 1. The Kier molecular flexibility index (Phi) is 3.69. The molecule has 0 bridgehead atoms. The van der Waals surface area contributed by atoms with Crippen molar-refractivity contribution in [3.8, 4) is 0 Å². The second kappa shape index (κ2) is 4.58. The van der Waals surface area contributed by atoms with E-state index in [1.807, 2.05) is 31.4 Å². The van der Waals surface area contributed by atoms with E-state index in [9.17, 15) is 0 Å². The molecule has 4 heteroatoms. The molecule has 1 rings (SSSR count). The number of nitrogen functional groups attached to an aromatic ring is 1. The molecule has 0 radical (unpaired) electrons. The van der Waals surface area contributed by atoms with Crippen LogP contribution in [0.2, 0.25) is 0 Å². The second-order valence-electron chi connectivity index (χ2n) is 2.57. The van der Waals surface area contributed by atoms with Gasteiger partial charge < -0.3 is 5.73 Å². The number of rotatable bonds is 2. The van der Waals surface area contributed by atoms with E-state index in [-0.39, 0.29) is 0 Å². The molecule has 0 atom stereocenters. The summed E-state index contributed by atoms with van der Waals surface area (Å²) in [7, 11) is 0. The summed E-state index contributed by atoms with van der Waals surface area (Å²) in [4.78, 5) is 4.14. The number of hydrogen-bond donors (Lipinski definition) is 1. The van der Waals surface area contributed by atoms with E-state index >= 15 is 0 Å². The largest absolute Gasteiger partial charge is 0.375 e. The zero-order valence-electron chi connectivity index (χ0n) is 7.54. The van der Waals surface area contributed by atoms with Crippen LogP contribution in [-0.2, 0) is 0 Å². The van der Waals surface area contributed by atoms with Crippen molar-refractivity contribution in [3.63, 3.8) is 0 Å². The Balaban J connectivity index is 2.88. The van der Waals surface area contributed by atoms with Gasteiger partial charge in [-0.15, -0.1) is 11.3 Å². The summed E-state index contributed by atoms with van der Waals surface area (Å²) >= 11 is 4.90. The summed E-state index contributed by atoms with van der Waals surface area (Å²) in [6, 6.07) is 0. The highest BCUT2D eigenvalue weighted by molar-refractivity contribution is 9.12. The van der Waals surface area contributed by atoms with Crippen LogP contribution in [0.4, 0.5) is 5.13 Å². The van der Waals surface area contributed by atoms with Gasteiger partial charge in [0, 0.05) is 9.86 Å². The van der Waals surface area contributed by atoms with Gasteiger partial charge in [0.05, 0.1) is 5.69 Å². The molecular weight excluding hydrogens is 248 g/mol. The van der Waals surface area contributed by atoms with E-state index in [0.29, 0.717) is 5.13 Å². The molecule has 0 aromatic carbocycles. The second-order valence-corrected chi connectivity index (χ2v) is 4.32. The van der Waals surface area contributed by atoms with Crippen molar-refractivity contribution in [1.82, 2.24) is 4.98 Å². The lowest BCUT2D eigenvalue weighted by atomic mass is 10.2. The van der Waals surface area contributed by atoms with E-state index in [4.69, 9.17) is 5.73 Å². The Morgan fingerprint density at radius 3 is 2.85 bits per heavy atom. The SMILES string of the molecule is C/C=C(Br)\C(C)=C/c1csc(N)n1. The first-order valence-corrected chi connectivity index (χ1v) is 5.52. The third kappa shape index (κ3) is 2.97. The average Bonchev–Trinajstić information content (AvgIpc) is 2.49. The zero-order chi connectivity index (χ0) is 9.84. The third-order valence-corrected chi connectivity index (χ3v) is 3.31. The minimum Gasteiger partial charge on any atom is -0.375 e. The van der Waals surface area contributed by atoms with Crippen LogP contribution < -0.4 is 5.73 Å². The van der Waals surface area contributed by atoms with Crippen molar-refractivity contribution < 1.29 is 0 Å². The highest BCUT2D eigenvalue weighted by Crippen LogP contribution is 2.20. The monoisotopic (exact) mass is 258 g/mol. The normalized spacial score (nSPS) is 13.5. The molecule has 0 aliphatic carbocycles. The Bertz CT molecular complexity index is 352. The molecule has 0 saturated carbocycles. The van der Waals surface area contributed by atoms with E-state index in [1.165, 1.54) is 11.3 Å². The molecule has 1 aromatic rings. The van der Waals surface area contributed by atoms with Gasteiger partial charge in [0.2, 0.25) is 0 Å². The Morgan fingerprint density at radius 2 is 2.38 bits per heavy atom. The molecule has 1 heterocycles. The molecule has 0 saturated heterocycles. The van der Waals surface area contributed by atoms with Crippen molar-refractivity contribution in [2.45, 2.75) is 13.8 Å². The van der Waals surface area contributed by atoms with Gasteiger partial charge in [0.1, 0.15) is 0 Å². The lowest BCUT2D eigenvalue weighted by Gasteiger charge is -1.95. The highest BCUT2D eigenvalue weighted by atomic mass is 79.9. The van der Waals surface area contributed by atoms with Crippen LogP contribution in [-0.4, -0.2) is 4.98 Å². The summed E-state index contributed by atoms with van der Waals surface area (Å²) in [6.07, 6.45) is 4.00. The molecule has 0 unspecified atom stereocenters. The maximum absolute atomic E-state index is 5.51. The van der Waals surface area contributed by atoms with Crippen LogP contribution >= 0.6 is 27.3 Å². The van der Waals surface area contributed by atoms with Gasteiger partial charge in [0.25, 0.3) is 0 Å². The molecule has 70 valence electrons. The highest BCUT2D eigenvalue weighted by Gasteiger charge is 1.97. The average molecular weight is 259 g/mol. The molecular formula is C9H11BrN2S. The molecule has 0 aliphatic rings. The molecule has 1 aromatic heterocycles. The van der Waals surface area contributed by atoms with Crippen molar-refractivity contribution in [3.05, 3.63) is 27.2 Å². The number of allylic oxidation sites excluding steroid dienone is 3. The summed E-state index contributed by atoms with van der Waals surface area (Å²) in [6.45, 7) is 4.01. The van der Waals surface area contributed by atoms with Gasteiger partial charge >= 0.3 is 0 Å². The van der Waals surface area contributed by atoms with Crippen LogP contribution in [0, 0.1) is 0 Å². The first kappa shape index (κ1) is 10.5. The van der Waals surface area contributed by atoms with Gasteiger partial charge in [-0.1, -0.05) is 22.0 Å². The molecule has 0 spiro atoms. The molecule has 2 nitrogen and oxygen atoms in total. The van der Waals surface area contributed by atoms with E-state index in [0.717, 1.165) is 15.7 Å². The predicted octanol–water partition coefficient (Wildman–Crippen LogP) is 3.43. The Labute approximate surface area is 90.3 Å². The van der Waals surface area contributed by atoms with Crippen LogP contribution in [0.3, 0.4) is 0 Å². The van der Waals surface area contributed by atoms with Gasteiger partial charge in [0.15, 0.2) is 5.13 Å². The molecule has 0 aliphatic heterocycles. The lowest BCUT2D eigenvalue weighted by molar-refractivity contribution is 1.37. The quantitative estimate of drug-likeness (QED) is 0.826. The summed E-state index contributed by atoms with van der Waals surface area (Å²) in [5.74, 6) is 0. The lowest BCUT2D eigenvalue weighted by Crippen LogP contribution is -1.82. The van der Waals surface area contributed by atoms with Gasteiger partial charge in [-0.3, -0.25) is 0 Å². The molecule has 2 N–H and O–H groups in total. The van der Waals surface area contributed by atoms with E-state index in [2.05, 4.69) is 20.9 Å². The first-order valence-electron chi connectivity index (χ1n) is 3.85. The number of aromatic nitrogens is 1. The van der Waals surface area contributed by atoms with Crippen LogP contribution in [0.5, 0.6) is 0 Å². The fourth-order valence-corrected chi connectivity index (χ4v) is 1.52. The maximum Gasteiger partial charge on any atom is 0.180 e. The van der Waals surface area contributed by atoms with E-state index < -0.39 is 0 Å². The predicted molar refractivity (Wildman–Crippen MR) is 62.9 cm³/mol. The molecule has 0 amide bonds. The fourth-order valence-electron chi connectivity index (χ4n) is 0.885. The van der Waals surface area contributed by atoms with Crippen molar-refractivity contribution in [1.29, 1.82) is 0 Å². The van der Waals surface area contributed by atoms with Gasteiger partial charge in [-0.25, -0.2) is 4.98 Å². The fraction of sp³-hybridized carbons (Fsp3) is 0.222. The summed E-state index contributed by atoms with van der Waals surface area (Å²) in [5, 5.41) is 2.55. The standard InChI is InChI=1S/C9H11BrN2S/c1-3-8(10)6(2)4-7-5-13-9(11)12-7/h3-5H,1-2H3,(H2,11,12)/b6-4-,8-3+. The molecule has 0 fully saturated rings. The van der Waals surface area contributed by atoms with Gasteiger partial charge in [-0.05, 0) is 25.5 Å². The zero-order valence-corrected chi connectivity index (χ0v) is 9.95. The van der Waals surface area contributed by atoms with Crippen LogP contribution in [0.1, 0.15) is 19.5 Å². The maximum atomic E-state index is 5.51. The van der Waals surface area contributed by atoms with Crippen LogP contribution in [0.15, 0.2) is 21.5 Å². The topological polar surface area (TPSA) is 38.9 Å². The minimum absolute atomic E-state index is 0.607. The Hall–Kier alpha value is -0.610. The smallest absolute Gasteiger partial charge is 0.180 e. The third-order valence-electron chi connectivity index (χ3n) is 1.53. The number of nitrogens with two attached hydrogens (primary N) is 1.